The second-order valence-electron chi connectivity index (χ2n) is 5.14. The molecule has 0 aromatic carbocycles. The molecule has 3 aromatic heterocycles. The molecule has 0 fully saturated rings. The van der Waals surface area contributed by atoms with Crippen LogP contribution in [0.5, 0.6) is 0 Å². The van der Waals surface area contributed by atoms with Gasteiger partial charge in [0.25, 0.3) is 0 Å². The molecule has 0 spiro atoms. The van der Waals surface area contributed by atoms with Crippen molar-refractivity contribution in [3.05, 3.63) is 54.3 Å². The third-order valence-electron chi connectivity index (χ3n) is 3.36. The molecule has 1 N–H and O–H groups in total. The van der Waals surface area contributed by atoms with Crippen molar-refractivity contribution in [2.75, 3.05) is 5.75 Å². The zero-order valence-corrected chi connectivity index (χ0v) is 14.5. The van der Waals surface area contributed by atoms with Gasteiger partial charge in [0.05, 0.1) is 11.3 Å². The number of pyridine rings is 2. The fraction of sp³-hybridized carbons (Fsp3) is 0.235. The summed E-state index contributed by atoms with van der Waals surface area (Å²) >= 11 is 1.34. The maximum Gasteiger partial charge on any atom is 0.230 e. The highest BCUT2D eigenvalue weighted by atomic mass is 32.2. The first kappa shape index (κ1) is 17.1. The summed E-state index contributed by atoms with van der Waals surface area (Å²) in [4.78, 5) is 24.7. The average molecular weight is 355 g/mol. The molecule has 0 radical (unpaired) electrons. The number of aromatic nitrogens is 4. The highest BCUT2D eigenvalue weighted by Gasteiger charge is 2.14. The van der Waals surface area contributed by atoms with Crippen molar-refractivity contribution in [1.82, 2.24) is 25.4 Å². The van der Waals surface area contributed by atoms with Gasteiger partial charge in [0.15, 0.2) is 0 Å². The minimum atomic E-state index is -0.0687. The Kier molecular flexibility index (Phi) is 5.73. The van der Waals surface area contributed by atoms with Gasteiger partial charge in [0, 0.05) is 31.6 Å². The van der Waals surface area contributed by atoms with Crippen LogP contribution in [0.3, 0.4) is 0 Å². The molecule has 3 aromatic rings. The molecule has 0 bridgehead atoms. The van der Waals surface area contributed by atoms with E-state index in [4.69, 9.17) is 4.52 Å². The Balaban J connectivity index is 1.60. The first-order chi connectivity index (χ1) is 12.3. The number of carbonyl (C=O) groups excluding carboxylic acids is 1. The Bertz CT molecular complexity index is 838. The Hall–Kier alpha value is -2.74. The Morgan fingerprint density at radius 2 is 2.08 bits per heavy atom. The van der Waals surface area contributed by atoms with E-state index in [1.54, 1.807) is 18.6 Å². The Morgan fingerprint density at radius 3 is 2.84 bits per heavy atom. The Labute approximate surface area is 149 Å². The van der Waals surface area contributed by atoms with E-state index in [1.807, 2.05) is 31.2 Å². The third kappa shape index (κ3) is 4.63. The van der Waals surface area contributed by atoms with Crippen molar-refractivity contribution >= 4 is 17.7 Å². The topological polar surface area (TPSA) is 93.8 Å². The number of hydrogen-bond acceptors (Lipinski definition) is 7. The van der Waals surface area contributed by atoms with E-state index in [-0.39, 0.29) is 11.7 Å². The van der Waals surface area contributed by atoms with Crippen LogP contribution in [-0.4, -0.2) is 31.8 Å². The van der Waals surface area contributed by atoms with E-state index >= 15 is 0 Å². The van der Waals surface area contributed by atoms with E-state index in [0.29, 0.717) is 29.7 Å². The average Bonchev–Trinajstić information content (AvgIpc) is 3.15. The quantitative estimate of drug-likeness (QED) is 0.651. The first-order valence-electron chi connectivity index (χ1n) is 7.82. The van der Waals surface area contributed by atoms with Crippen LogP contribution in [0.2, 0.25) is 0 Å². The molecule has 8 heteroatoms. The fourth-order valence-corrected chi connectivity index (χ4v) is 2.89. The summed E-state index contributed by atoms with van der Waals surface area (Å²) in [6.07, 6.45) is 5.76. The molecule has 3 rings (SSSR count). The van der Waals surface area contributed by atoms with Gasteiger partial charge in [-0.05, 0) is 29.8 Å². The molecule has 128 valence electrons. The van der Waals surface area contributed by atoms with Gasteiger partial charge in [-0.15, -0.1) is 0 Å². The van der Waals surface area contributed by atoms with E-state index in [2.05, 4.69) is 25.4 Å². The number of rotatable bonds is 7. The van der Waals surface area contributed by atoms with Crippen molar-refractivity contribution < 1.29 is 9.32 Å². The lowest BCUT2D eigenvalue weighted by Crippen LogP contribution is -2.24. The molecule has 0 aliphatic heterocycles. The Morgan fingerprint density at radius 1 is 1.24 bits per heavy atom. The minimum absolute atomic E-state index is 0.0687. The van der Waals surface area contributed by atoms with Crippen molar-refractivity contribution in [3.63, 3.8) is 0 Å². The number of amides is 1. The van der Waals surface area contributed by atoms with E-state index < -0.39 is 0 Å². The van der Waals surface area contributed by atoms with Gasteiger partial charge in [-0.2, -0.15) is 4.98 Å². The number of aryl methyl sites for hydroxylation is 1. The number of nitrogens with one attached hydrogen (secondary N) is 1. The van der Waals surface area contributed by atoms with Crippen LogP contribution >= 0.6 is 11.8 Å². The smallest absolute Gasteiger partial charge is 0.230 e. The standard InChI is InChI=1S/C17H17N5O2S/c1-2-15-21-16(22-24-15)13-4-3-7-19-17(13)25-11-14(23)20-10-12-5-8-18-9-6-12/h3-9H,2,10-11H2,1H3,(H,20,23). The zero-order valence-electron chi connectivity index (χ0n) is 13.7. The number of carbonyl (C=O) groups is 1. The van der Waals surface area contributed by atoms with E-state index in [0.717, 1.165) is 11.1 Å². The van der Waals surface area contributed by atoms with Crippen LogP contribution in [0, 0.1) is 0 Å². The van der Waals surface area contributed by atoms with Crippen molar-refractivity contribution in [2.24, 2.45) is 0 Å². The summed E-state index contributed by atoms with van der Waals surface area (Å²) in [7, 11) is 0. The van der Waals surface area contributed by atoms with E-state index in [1.165, 1.54) is 11.8 Å². The van der Waals surface area contributed by atoms with Crippen LogP contribution in [0.4, 0.5) is 0 Å². The third-order valence-corrected chi connectivity index (χ3v) is 4.37. The van der Waals surface area contributed by atoms with Crippen LogP contribution < -0.4 is 5.32 Å². The number of thioether (sulfide) groups is 1. The molecular formula is C17H17N5O2S. The van der Waals surface area contributed by atoms with Gasteiger partial charge in [0.1, 0.15) is 5.03 Å². The van der Waals surface area contributed by atoms with Gasteiger partial charge in [-0.1, -0.05) is 23.8 Å². The molecule has 0 aliphatic carbocycles. The van der Waals surface area contributed by atoms with Crippen molar-refractivity contribution in [3.8, 4) is 11.4 Å². The SMILES string of the molecule is CCc1nc(-c2cccnc2SCC(=O)NCc2ccncc2)no1. The largest absolute Gasteiger partial charge is 0.351 e. The van der Waals surface area contributed by atoms with E-state index in [9.17, 15) is 4.79 Å². The summed E-state index contributed by atoms with van der Waals surface area (Å²) in [5.41, 5.74) is 1.77. The molecule has 0 atom stereocenters. The molecule has 3 heterocycles. The van der Waals surface area contributed by atoms with Gasteiger partial charge in [0.2, 0.25) is 17.6 Å². The molecule has 25 heavy (non-hydrogen) atoms. The van der Waals surface area contributed by atoms with Crippen LogP contribution in [0.15, 0.2) is 52.4 Å². The number of hydrogen-bond donors (Lipinski definition) is 1. The fourth-order valence-electron chi connectivity index (χ4n) is 2.07. The normalized spacial score (nSPS) is 10.6. The van der Waals surface area contributed by atoms with Gasteiger partial charge in [-0.3, -0.25) is 9.78 Å². The predicted octanol–water partition coefficient (Wildman–Crippen LogP) is 2.50. The molecule has 0 saturated heterocycles. The zero-order chi connectivity index (χ0) is 17.5. The van der Waals surface area contributed by atoms with Crippen LogP contribution in [0.1, 0.15) is 18.4 Å². The van der Waals surface area contributed by atoms with Gasteiger partial charge in [-0.25, -0.2) is 4.98 Å². The lowest BCUT2D eigenvalue weighted by molar-refractivity contribution is -0.118. The highest BCUT2D eigenvalue weighted by molar-refractivity contribution is 8.00. The van der Waals surface area contributed by atoms with Crippen molar-refractivity contribution in [1.29, 1.82) is 0 Å². The van der Waals surface area contributed by atoms with Crippen LogP contribution in [-0.2, 0) is 17.8 Å². The number of nitrogens with zero attached hydrogens (tertiary/aromatic N) is 4. The summed E-state index contributed by atoms with van der Waals surface area (Å²) < 4.78 is 5.15. The summed E-state index contributed by atoms with van der Waals surface area (Å²) in [6, 6.07) is 7.41. The maximum absolute atomic E-state index is 12.1. The summed E-state index contributed by atoms with van der Waals surface area (Å²) in [5, 5.41) is 7.55. The maximum atomic E-state index is 12.1. The van der Waals surface area contributed by atoms with Crippen LogP contribution in [0.25, 0.3) is 11.4 Å². The second kappa shape index (κ2) is 8.39. The predicted molar refractivity (Wildman–Crippen MR) is 93.7 cm³/mol. The summed E-state index contributed by atoms with van der Waals surface area (Å²) in [6.45, 7) is 2.42. The highest BCUT2D eigenvalue weighted by Crippen LogP contribution is 2.27. The minimum Gasteiger partial charge on any atom is -0.351 e. The lowest BCUT2D eigenvalue weighted by Gasteiger charge is -2.06. The molecular weight excluding hydrogens is 338 g/mol. The molecule has 0 unspecified atom stereocenters. The molecule has 0 aliphatic rings. The molecule has 0 saturated carbocycles. The summed E-state index contributed by atoms with van der Waals surface area (Å²) in [5.74, 6) is 1.25. The molecule has 1 amide bonds. The lowest BCUT2D eigenvalue weighted by atomic mass is 10.3. The first-order valence-corrected chi connectivity index (χ1v) is 8.81. The monoisotopic (exact) mass is 355 g/mol. The van der Waals surface area contributed by atoms with Crippen molar-refractivity contribution in [2.45, 2.75) is 24.9 Å². The van der Waals surface area contributed by atoms with Gasteiger partial charge < -0.3 is 9.84 Å². The molecule has 7 nitrogen and oxygen atoms in total. The van der Waals surface area contributed by atoms with Gasteiger partial charge >= 0.3 is 0 Å². The second-order valence-corrected chi connectivity index (χ2v) is 6.11.